The van der Waals surface area contributed by atoms with Crippen molar-refractivity contribution in [3.63, 3.8) is 0 Å². The summed E-state index contributed by atoms with van der Waals surface area (Å²) in [5.74, 6) is -0.316. The Morgan fingerprint density at radius 2 is 1.77 bits per heavy atom. The molecular weight excluding hydrogens is 392 g/mol. The van der Waals surface area contributed by atoms with Gasteiger partial charge in [-0.2, -0.15) is 5.10 Å². The van der Waals surface area contributed by atoms with Gasteiger partial charge in [0.25, 0.3) is 0 Å². The highest BCUT2D eigenvalue weighted by Crippen LogP contribution is 2.20. The molecule has 0 saturated heterocycles. The molecule has 8 nitrogen and oxygen atoms in total. The Hall–Kier alpha value is -4.20. The third-order valence-electron chi connectivity index (χ3n) is 5.20. The minimum atomic E-state index is -0.378. The second-order valence-corrected chi connectivity index (χ2v) is 7.26. The van der Waals surface area contributed by atoms with Gasteiger partial charge in [-0.15, -0.1) is 5.10 Å². The van der Waals surface area contributed by atoms with Crippen LogP contribution in [0.25, 0.3) is 22.4 Å². The highest BCUT2D eigenvalue weighted by atomic mass is 16.2. The monoisotopic (exact) mass is 412 g/mol. The Balaban J connectivity index is 1.46. The Labute approximate surface area is 177 Å². The maximum Gasteiger partial charge on any atom is 0.350 e. The van der Waals surface area contributed by atoms with E-state index in [1.54, 1.807) is 16.9 Å². The Bertz CT molecular complexity index is 1450. The number of anilines is 1. The van der Waals surface area contributed by atoms with Crippen molar-refractivity contribution in [1.82, 2.24) is 23.8 Å². The van der Waals surface area contributed by atoms with Gasteiger partial charge in [0.15, 0.2) is 5.65 Å². The number of hydrogen-bond donors (Lipinski definition) is 1. The molecule has 0 bridgehead atoms. The molecule has 0 aliphatic rings. The number of nitrogens with one attached hydrogen (secondary N) is 1. The number of amides is 1. The van der Waals surface area contributed by atoms with Crippen molar-refractivity contribution in [3.05, 3.63) is 89.1 Å². The molecule has 154 valence electrons. The van der Waals surface area contributed by atoms with Crippen molar-refractivity contribution in [2.45, 2.75) is 19.9 Å². The predicted octanol–water partition coefficient (Wildman–Crippen LogP) is 3.01. The van der Waals surface area contributed by atoms with E-state index in [1.807, 2.05) is 60.7 Å². The van der Waals surface area contributed by atoms with Gasteiger partial charge in [-0.25, -0.2) is 18.4 Å². The molecular formula is C23H20N6O2. The number of carbonyl (C=O) groups excluding carboxylic acids is 1. The minimum absolute atomic E-state index is 0.179. The second kappa shape index (κ2) is 7.56. The lowest BCUT2D eigenvalue weighted by Crippen LogP contribution is -2.28. The van der Waals surface area contributed by atoms with Crippen LogP contribution in [0.3, 0.4) is 0 Å². The van der Waals surface area contributed by atoms with Gasteiger partial charge in [0.2, 0.25) is 5.91 Å². The lowest BCUT2D eigenvalue weighted by Gasteiger charge is -2.05. The topological polar surface area (TPSA) is 85.7 Å². The summed E-state index contributed by atoms with van der Waals surface area (Å²) in [6.07, 6.45) is 4.24. The maximum atomic E-state index is 12.8. The second-order valence-electron chi connectivity index (χ2n) is 7.26. The van der Waals surface area contributed by atoms with Crippen molar-refractivity contribution < 1.29 is 4.79 Å². The Kier molecular flexibility index (Phi) is 4.59. The molecule has 2 aromatic carbocycles. The van der Waals surface area contributed by atoms with E-state index < -0.39 is 0 Å². The largest absolute Gasteiger partial charge is 0.350 e. The molecule has 8 heteroatoms. The van der Waals surface area contributed by atoms with Gasteiger partial charge in [0.1, 0.15) is 12.1 Å². The molecule has 5 rings (SSSR count). The molecule has 1 amide bonds. The van der Waals surface area contributed by atoms with Crippen LogP contribution in [0.4, 0.5) is 5.69 Å². The average molecular weight is 412 g/mol. The van der Waals surface area contributed by atoms with Gasteiger partial charge in [0.05, 0.1) is 5.69 Å². The van der Waals surface area contributed by atoms with E-state index in [4.69, 9.17) is 0 Å². The molecule has 31 heavy (non-hydrogen) atoms. The summed E-state index contributed by atoms with van der Waals surface area (Å²) >= 11 is 0. The Morgan fingerprint density at radius 3 is 2.52 bits per heavy atom. The summed E-state index contributed by atoms with van der Waals surface area (Å²) in [5, 5.41) is 11.8. The summed E-state index contributed by atoms with van der Waals surface area (Å²) in [7, 11) is 0. The third kappa shape index (κ3) is 3.48. The van der Waals surface area contributed by atoms with Crippen LogP contribution >= 0.6 is 0 Å². The van der Waals surface area contributed by atoms with E-state index in [1.165, 1.54) is 14.6 Å². The van der Waals surface area contributed by atoms with Gasteiger partial charge in [-0.1, -0.05) is 49.4 Å². The number of carbonyl (C=O) groups is 1. The number of rotatable bonds is 5. The van der Waals surface area contributed by atoms with Crippen LogP contribution in [-0.2, 0) is 17.8 Å². The SMILES string of the molecule is CCc1ccc(NC(=O)Cn2nc3c4cc(-c5ccccc5)nn4ccn3c2=O)cc1. The first-order valence-electron chi connectivity index (χ1n) is 10.0. The standard InChI is InChI=1S/C23H20N6O2/c1-2-16-8-10-18(11-9-16)24-21(30)15-29-23(31)27-12-13-28-20(22(27)26-29)14-19(25-28)17-6-4-3-5-7-17/h3-14H,2,15H2,1H3,(H,24,30). The lowest BCUT2D eigenvalue weighted by molar-refractivity contribution is -0.117. The molecule has 0 aliphatic carbocycles. The van der Waals surface area contributed by atoms with Crippen LogP contribution in [0.15, 0.2) is 77.9 Å². The van der Waals surface area contributed by atoms with E-state index in [-0.39, 0.29) is 18.1 Å². The summed E-state index contributed by atoms with van der Waals surface area (Å²) in [5.41, 5.74) is 4.38. The van der Waals surface area contributed by atoms with Crippen LogP contribution in [-0.4, -0.2) is 29.7 Å². The van der Waals surface area contributed by atoms with Crippen LogP contribution in [0.5, 0.6) is 0 Å². The van der Waals surface area contributed by atoms with Crippen molar-refractivity contribution in [2.75, 3.05) is 5.32 Å². The van der Waals surface area contributed by atoms with E-state index in [0.29, 0.717) is 16.9 Å². The fourth-order valence-corrected chi connectivity index (χ4v) is 3.55. The molecule has 0 atom stereocenters. The molecule has 1 N–H and O–H groups in total. The molecule has 0 spiro atoms. The number of nitrogens with zero attached hydrogens (tertiary/aromatic N) is 5. The fourth-order valence-electron chi connectivity index (χ4n) is 3.55. The first-order valence-corrected chi connectivity index (χ1v) is 10.0. The third-order valence-corrected chi connectivity index (χ3v) is 5.20. The summed E-state index contributed by atoms with van der Waals surface area (Å²) in [6.45, 7) is 1.89. The molecule has 3 heterocycles. The number of aryl methyl sites for hydroxylation is 1. The van der Waals surface area contributed by atoms with E-state index in [9.17, 15) is 9.59 Å². The quantitative estimate of drug-likeness (QED) is 0.481. The molecule has 3 aromatic heterocycles. The molecule has 0 fully saturated rings. The first kappa shape index (κ1) is 18.8. The average Bonchev–Trinajstić information content (AvgIpc) is 3.36. The van der Waals surface area contributed by atoms with Crippen molar-refractivity contribution >= 4 is 22.8 Å². The van der Waals surface area contributed by atoms with Crippen LogP contribution < -0.4 is 11.0 Å². The summed E-state index contributed by atoms with van der Waals surface area (Å²) in [6, 6.07) is 19.3. The van der Waals surface area contributed by atoms with Crippen LogP contribution in [0, 0.1) is 0 Å². The van der Waals surface area contributed by atoms with Gasteiger partial charge in [0, 0.05) is 23.6 Å². The van der Waals surface area contributed by atoms with Crippen molar-refractivity contribution in [2.24, 2.45) is 0 Å². The summed E-state index contributed by atoms with van der Waals surface area (Å²) < 4.78 is 4.28. The van der Waals surface area contributed by atoms with Gasteiger partial charge < -0.3 is 5.32 Å². The van der Waals surface area contributed by atoms with Gasteiger partial charge >= 0.3 is 5.69 Å². The number of aromatic nitrogens is 5. The summed E-state index contributed by atoms with van der Waals surface area (Å²) in [4.78, 5) is 25.3. The predicted molar refractivity (Wildman–Crippen MR) is 118 cm³/mol. The van der Waals surface area contributed by atoms with E-state index in [0.717, 1.165) is 17.7 Å². The first-order chi connectivity index (χ1) is 15.1. The molecule has 0 aliphatic heterocycles. The fraction of sp³-hybridized carbons (Fsp3) is 0.130. The lowest BCUT2D eigenvalue weighted by atomic mass is 10.1. The molecule has 0 unspecified atom stereocenters. The van der Waals surface area contributed by atoms with Crippen molar-refractivity contribution in [1.29, 1.82) is 0 Å². The number of benzene rings is 2. The minimum Gasteiger partial charge on any atom is -0.324 e. The van der Waals surface area contributed by atoms with Crippen LogP contribution in [0.1, 0.15) is 12.5 Å². The van der Waals surface area contributed by atoms with Crippen LogP contribution in [0.2, 0.25) is 0 Å². The van der Waals surface area contributed by atoms with E-state index >= 15 is 0 Å². The highest BCUT2D eigenvalue weighted by Gasteiger charge is 2.15. The number of hydrogen-bond acceptors (Lipinski definition) is 4. The zero-order valence-electron chi connectivity index (χ0n) is 16.9. The maximum absolute atomic E-state index is 12.8. The zero-order valence-corrected chi connectivity index (χ0v) is 16.9. The number of fused-ring (bicyclic) bond motifs is 3. The highest BCUT2D eigenvalue weighted by molar-refractivity contribution is 5.90. The molecule has 0 radical (unpaired) electrons. The Morgan fingerprint density at radius 1 is 1.00 bits per heavy atom. The smallest absolute Gasteiger partial charge is 0.324 e. The molecule has 0 saturated carbocycles. The zero-order chi connectivity index (χ0) is 21.4. The molecule has 5 aromatic rings. The normalized spacial score (nSPS) is 11.3. The van der Waals surface area contributed by atoms with Crippen molar-refractivity contribution in [3.8, 4) is 11.3 Å². The van der Waals surface area contributed by atoms with E-state index in [2.05, 4.69) is 22.4 Å². The van der Waals surface area contributed by atoms with Gasteiger partial charge in [-0.3, -0.25) is 4.79 Å². The van der Waals surface area contributed by atoms with Gasteiger partial charge in [-0.05, 0) is 30.2 Å².